The summed E-state index contributed by atoms with van der Waals surface area (Å²) in [6, 6.07) is 1.97. The molecule has 1 unspecified atom stereocenters. The van der Waals surface area contributed by atoms with E-state index in [0.29, 0.717) is 0 Å². The van der Waals surface area contributed by atoms with Gasteiger partial charge in [0.15, 0.2) is 0 Å². The van der Waals surface area contributed by atoms with Crippen LogP contribution in [0.5, 0.6) is 0 Å². The lowest BCUT2D eigenvalue weighted by Crippen LogP contribution is -1.85. The molecule has 1 nitrogen and oxygen atoms in total. The Balaban J connectivity index is 3.43. The summed E-state index contributed by atoms with van der Waals surface area (Å²) in [5, 5.41) is 7.97. The molecule has 0 heterocycles. The summed E-state index contributed by atoms with van der Waals surface area (Å²) < 4.78 is 0. The first kappa shape index (κ1) is 6.93. The minimum atomic E-state index is -0.164. The number of nitriles is 1. The summed E-state index contributed by atoms with van der Waals surface area (Å²) in [5.74, 6) is 0. The molecule has 0 bridgehead atoms. The molecule has 0 aliphatic rings. The summed E-state index contributed by atoms with van der Waals surface area (Å²) in [5.41, 5.74) is 0. The Morgan fingerprint density at radius 3 is 2.57 bits per heavy atom. The SMILES string of the molecule is C=CC(C#N)SS. The van der Waals surface area contributed by atoms with Crippen molar-refractivity contribution in [3.05, 3.63) is 12.7 Å². The average Bonchev–Trinajstić information content (AvgIpc) is 1.72. The number of nitrogens with zero attached hydrogens (tertiary/aromatic N) is 1. The second kappa shape index (κ2) is 4.10. The van der Waals surface area contributed by atoms with Crippen LogP contribution < -0.4 is 0 Å². The molecule has 0 aromatic carbocycles. The maximum atomic E-state index is 8.14. The van der Waals surface area contributed by atoms with E-state index in [1.807, 2.05) is 6.07 Å². The molecule has 0 saturated carbocycles. The first-order valence-electron chi connectivity index (χ1n) is 1.67. The molecule has 0 aliphatic heterocycles. The molecule has 0 radical (unpaired) electrons. The maximum Gasteiger partial charge on any atom is 0.119 e. The normalized spacial score (nSPS) is 12.0. The number of rotatable bonds is 2. The van der Waals surface area contributed by atoms with Crippen LogP contribution in [0.4, 0.5) is 0 Å². The highest BCUT2D eigenvalue weighted by atomic mass is 33.1. The Morgan fingerprint density at radius 1 is 2.00 bits per heavy atom. The quantitative estimate of drug-likeness (QED) is 0.350. The Bertz CT molecular complexity index is 94.4. The van der Waals surface area contributed by atoms with Gasteiger partial charge in [-0.1, -0.05) is 16.9 Å². The van der Waals surface area contributed by atoms with Gasteiger partial charge in [0.05, 0.1) is 6.07 Å². The first-order valence-corrected chi connectivity index (χ1v) is 3.60. The zero-order chi connectivity index (χ0) is 5.70. The van der Waals surface area contributed by atoms with Crippen LogP contribution >= 0.6 is 22.5 Å². The fraction of sp³-hybridized carbons (Fsp3) is 0.250. The van der Waals surface area contributed by atoms with Crippen LogP contribution in [0, 0.1) is 11.3 Å². The average molecular weight is 131 g/mol. The molecule has 0 amide bonds. The molecule has 0 saturated heterocycles. The third kappa shape index (κ3) is 2.60. The van der Waals surface area contributed by atoms with Gasteiger partial charge in [-0.25, -0.2) is 0 Å². The highest BCUT2D eigenvalue weighted by Gasteiger charge is 1.94. The van der Waals surface area contributed by atoms with Crippen molar-refractivity contribution in [2.75, 3.05) is 0 Å². The summed E-state index contributed by atoms with van der Waals surface area (Å²) in [7, 11) is 1.19. The molecule has 0 aliphatic carbocycles. The largest absolute Gasteiger partial charge is 0.197 e. The molecular weight excluding hydrogens is 126 g/mol. The minimum absolute atomic E-state index is 0.164. The molecule has 3 heteroatoms. The first-order chi connectivity index (χ1) is 3.35. The lowest BCUT2D eigenvalue weighted by atomic mass is 10.5. The molecule has 0 aromatic rings. The molecule has 0 fully saturated rings. The molecule has 7 heavy (non-hydrogen) atoms. The monoisotopic (exact) mass is 131 g/mol. The van der Waals surface area contributed by atoms with Crippen LogP contribution in [0.1, 0.15) is 0 Å². The second-order valence-electron chi connectivity index (χ2n) is 0.891. The van der Waals surface area contributed by atoms with Gasteiger partial charge >= 0.3 is 0 Å². The molecule has 38 valence electrons. The Labute approximate surface area is 52.2 Å². The van der Waals surface area contributed by atoms with E-state index in [9.17, 15) is 0 Å². The van der Waals surface area contributed by atoms with Gasteiger partial charge in [0.25, 0.3) is 0 Å². The van der Waals surface area contributed by atoms with Crippen LogP contribution in [0.2, 0.25) is 0 Å². The second-order valence-corrected chi connectivity index (χ2v) is 2.24. The lowest BCUT2D eigenvalue weighted by Gasteiger charge is -1.89. The van der Waals surface area contributed by atoms with Crippen molar-refractivity contribution in [3.63, 3.8) is 0 Å². The van der Waals surface area contributed by atoms with E-state index in [1.165, 1.54) is 10.8 Å². The van der Waals surface area contributed by atoms with Crippen molar-refractivity contribution in [3.8, 4) is 6.07 Å². The summed E-state index contributed by atoms with van der Waals surface area (Å²) in [4.78, 5) is 0. The van der Waals surface area contributed by atoms with Crippen LogP contribution in [0.15, 0.2) is 12.7 Å². The Hall–Kier alpha value is -0.0700. The van der Waals surface area contributed by atoms with Gasteiger partial charge in [0.1, 0.15) is 5.25 Å². The molecule has 0 spiro atoms. The third-order valence-electron chi connectivity index (χ3n) is 0.455. The van der Waals surface area contributed by atoms with E-state index in [-0.39, 0.29) is 5.25 Å². The van der Waals surface area contributed by atoms with Gasteiger partial charge in [-0.3, -0.25) is 0 Å². The zero-order valence-electron chi connectivity index (χ0n) is 3.66. The minimum Gasteiger partial charge on any atom is -0.197 e. The number of hydrogen-bond acceptors (Lipinski definition) is 3. The van der Waals surface area contributed by atoms with Gasteiger partial charge in [-0.15, -0.1) is 18.2 Å². The van der Waals surface area contributed by atoms with E-state index in [4.69, 9.17) is 5.26 Å². The van der Waals surface area contributed by atoms with Gasteiger partial charge in [-0.05, 0) is 0 Å². The van der Waals surface area contributed by atoms with Crippen LogP contribution in [0.3, 0.4) is 0 Å². The van der Waals surface area contributed by atoms with Gasteiger partial charge in [0, 0.05) is 0 Å². The fourth-order valence-corrected chi connectivity index (χ4v) is 0.652. The van der Waals surface area contributed by atoms with E-state index >= 15 is 0 Å². The van der Waals surface area contributed by atoms with Gasteiger partial charge in [-0.2, -0.15) is 5.26 Å². The number of hydrogen-bond donors (Lipinski definition) is 1. The van der Waals surface area contributed by atoms with Crippen molar-refractivity contribution >= 4 is 22.5 Å². The smallest absolute Gasteiger partial charge is 0.119 e. The van der Waals surface area contributed by atoms with E-state index in [2.05, 4.69) is 18.2 Å². The van der Waals surface area contributed by atoms with Crippen molar-refractivity contribution in [1.29, 1.82) is 5.26 Å². The maximum absolute atomic E-state index is 8.14. The highest BCUT2D eigenvalue weighted by Crippen LogP contribution is 2.13. The summed E-state index contributed by atoms with van der Waals surface area (Å²) in [6.45, 7) is 3.41. The molecule has 0 rings (SSSR count). The van der Waals surface area contributed by atoms with Crippen LogP contribution in [0.25, 0.3) is 0 Å². The molecule has 0 aromatic heterocycles. The fourth-order valence-electron chi connectivity index (χ4n) is 0.119. The van der Waals surface area contributed by atoms with Crippen molar-refractivity contribution in [2.24, 2.45) is 0 Å². The van der Waals surface area contributed by atoms with E-state index in [1.54, 1.807) is 6.08 Å². The summed E-state index contributed by atoms with van der Waals surface area (Å²) in [6.07, 6.45) is 1.55. The topological polar surface area (TPSA) is 23.8 Å². The van der Waals surface area contributed by atoms with Crippen molar-refractivity contribution < 1.29 is 0 Å². The van der Waals surface area contributed by atoms with Gasteiger partial charge in [0.2, 0.25) is 0 Å². The Morgan fingerprint density at radius 2 is 2.57 bits per heavy atom. The zero-order valence-corrected chi connectivity index (χ0v) is 5.38. The van der Waals surface area contributed by atoms with E-state index < -0.39 is 0 Å². The number of thiol groups is 1. The lowest BCUT2D eigenvalue weighted by molar-refractivity contribution is 1.38. The van der Waals surface area contributed by atoms with Gasteiger partial charge < -0.3 is 0 Å². The van der Waals surface area contributed by atoms with E-state index in [0.717, 1.165) is 0 Å². The Kier molecular flexibility index (Phi) is 4.06. The third-order valence-corrected chi connectivity index (χ3v) is 1.66. The van der Waals surface area contributed by atoms with Crippen LogP contribution in [-0.4, -0.2) is 5.25 Å². The molecular formula is C4H5NS2. The highest BCUT2D eigenvalue weighted by molar-refractivity contribution is 8.69. The molecule has 1 atom stereocenters. The predicted molar refractivity (Wildman–Crippen MR) is 36.2 cm³/mol. The van der Waals surface area contributed by atoms with Crippen molar-refractivity contribution in [2.45, 2.75) is 5.25 Å². The predicted octanol–water partition coefficient (Wildman–Crippen LogP) is 1.64. The summed E-state index contributed by atoms with van der Waals surface area (Å²) >= 11 is 3.80. The van der Waals surface area contributed by atoms with Crippen LogP contribution in [-0.2, 0) is 0 Å². The standard InChI is InChI=1S/C4H5NS2/c1-2-4(3-5)7-6/h2,4,6H,1H2. The van der Waals surface area contributed by atoms with Crippen molar-refractivity contribution in [1.82, 2.24) is 0 Å². The molecule has 0 N–H and O–H groups in total.